The molecule has 0 radical (unpaired) electrons. The second-order valence-electron chi connectivity index (χ2n) is 5.08. The van der Waals surface area contributed by atoms with Crippen LogP contribution >= 0.6 is 0 Å². The average Bonchev–Trinajstić information content (AvgIpc) is 3.18. The SMILES string of the molecule is CC(=C=CC[C@@H](O)c1ccc(CO)o1)C[C@@H](O)c1ccco1. The maximum atomic E-state index is 9.95. The van der Waals surface area contributed by atoms with Gasteiger partial charge >= 0.3 is 0 Å². The van der Waals surface area contributed by atoms with Crippen molar-refractivity contribution in [3.63, 3.8) is 0 Å². The molecule has 0 unspecified atom stereocenters. The van der Waals surface area contributed by atoms with Crippen LogP contribution in [0.5, 0.6) is 0 Å². The molecular formula is C17H20O5. The van der Waals surface area contributed by atoms with Crippen LogP contribution in [0.4, 0.5) is 0 Å². The van der Waals surface area contributed by atoms with Gasteiger partial charge in [-0.3, -0.25) is 0 Å². The Balaban J connectivity index is 1.89. The van der Waals surface area contributed by atoms with Crippen molar-refractivity contribution in [2.45, 2.75) is 38.6 Å². The van der Waals surface area contributed by atoms with E-state index < -0.39 is 12.2 Å². The third kappa shape index (κ3) is 4.48. The van der Waals surface area contributed by atoms with Crippen molar-refractivity contribution in [3.8, 4) is 0 Å². The summed E-state index contributed by atoms with van der Waals surface area (Å²) in [5, 5.41) is 28.8. The Hall–Kier alpha value is -2.04. The van der Waals surface area contributed by atoms with E-state index in [2.05, 4.69) is 5.73 Å². The van der Waals surface area contributed by atoms with Gasteiger partial charge < -0.3 is 24.2 Å². The molecule has 0 amide bonds. The van der Waals surface area contributed by atoms with Crippen molar-refractivity contribution < 1.29 is 24.2 Å². The summed E-state index contributed by atoms with van der Waals surface area (Å²) in [5.41, 5.74) is 3.89. The second-order valence-corrected chi connectivity index (χ2v) is 5.08. The Morgan fingerprint density at radius 3 is 2.68 bits per heavy atom. The molecular weight excluding hydrogens is 284 g/mol. The van der Waals surface area contributed by atoms with Crippen LogP contribution in [0.3, 0.4) is 0 Å². The minimum atomic E-state index is -0.782. The minimum Gasteiger partial charge on any atom is -0.467 e. The molecule has 0 aliphatic carbocycles. The fourth-order valence-corrected chi connectivity index (χ4v) is 2.05. The molecule has 22 heavy (non-hydrogen) atoms. The molecule has 118 valence electrons. The second kappa shape index (κ2) is 7.82. The van der Waals surface area contributed by atoms with Gasteiger partial charge in [0.15, 0.2) is 0 Å². The molecule has 0 saturated heterocycles. The first kappa shape index (κ1) is 16.3. The first-order chi connectivity index (χ1) is 10.6. The van der Waals surface area contributed by atoms with Crippen LogP contribution in [0.1, 0.15) is 49.3 Å². The normalized spacial score (nSPS) is 13.5. The predicted octanol–water partition coefficient (Wildman–Crippen LogP) is 3.01. The van der Waals surface area contributed by atoms with Gasteiger partial charge in [-0.15, -0.1) is 5.73 Å². The highest BCUT2D eigenvalue weighted by Gasteiger charge is 2.11. The summed E-state index contributed by atoms with van der Waals surface area (Å²) < 4.78 is 10.4. The zero-order chi connectivity index (χ0) is 15.9. The molecule has 0 aliphatic rings. The monoisotopic (exact) mass is 304 g/mol. The summed E-state index contributed by atoms with van der Waals surface area (Å²) in [5.74, 6) is 1.36. The fraction of sp³-hybridized carbons (Fsp3) is 0.353. The van der Waals surface area contributed by atoms with E-state index in [0.29, 0.717) is 30.1 Å². The van der Waals surface area contributed by atoms with Crippen molar-refractivity contribution in [2.75, 3.05) is 0 Å². The third-order valence-electron chi connectivity index (χ3n) is 3.23. The van der Waals surface area contributed by atoms with E-state index in [9.17, 15) is 10.2 Å². The number of aliphatic hydroxyl groups is 3. The lowest BCUT2D eigenvalue weighted by atomic mass is 10.1. The Kier molecular flexibility index (Phi) is 5.81. The first-order valence-corrected chi connectivity index (χ1v) is 7.09. The molecule has 0 fully saturated rings. The van der Waals surface area contributed by atoms with E-state index in [1.807, 2.05) is 6.92 Å². The predicted molar refractivity (Wildman–Crippen MR) is 79.8 cm³/mol. The minimum absolute atomic E-state index is 0.188. The molecule has 2 rings (SSSR count). The standard InChI is InChI=1S/C17H20O5/c1-12(10-15(20)16-6-3-9-21-16)4-2-5-14(19)17-8-7-13(11-18)22-17/h2-3,6-9,14-15,18-20H,5,10-11H2,1H3/t4?,14-,15-/m1/s1. The van der Waals surface area contributed by atoms with Crippen LogP contribution in [0.2, 0.25) is 0 Å². The van der Waals surface area contributed by atoms with E-state index in [-0.39, 0.29) is 6.61 Å². The summed E-state index contributed by atoms with van der Waals surface area (Å²) in [6, 6.07) is 6.72. The van der Waals surface area contributed by atoms with Gasteiger partial charge in [0.25, 0.3) is 0 Å². The fourth-order valence-electron chi connectivity index (χ4n) is 2.05. The van der Waals surface area contributed by atoms with Crippen molar-refractivity contribution in [2.24, 2.45) is 0 Å². The molecule has 2 aromatic rings. The number of hydrogen-bond donors (Lipinski definition) is 3. The van der Waals surface area contributed by atoms with Crippen LogP contribution in [-0.4, -0.2) is 15.3 Å². The number of furan rings is 2. The molecule has 2 aromatic heterocycles. The largest absolute Gasteiger partial charge is 0.467 e. The van der Waals surface area contributed by atoms with Crippen LogP contribution in [-0.2, 0) is 6.61 Å². The number of rotatable bonds is 7. The Morgan fingerprint density at radius 1 is 1.23 bits per heavy atom. The summed E-state index contributed by atoms with van der Waals surface area (Å²) in [7, 11) is 0. The van der Waals surface area contributed by atoms with Gasteiger partial charge in [-0.1, -0.05) is 0 Å². The maximum absolute atomic E-state index is 9.95. The third-order valence-corrected chi connectivity index (χ3v) is 3.23. The number of aliphatic hydroxyl groups excluding tert-OH is 3. The highest BCUT2D eigenvalue weighted by atomic mass is 16.4. The smallest absolute Gasteiger partial charge is 0.133 e. The molecule has 3 N–H and O–H groups in total. The zero-order valence-electron chi connectivity index (χ0n) is 12.4. The highest BCUT2D eigenvalue weighted by molar-refractivity contribution is 5.11. The van der Waals surface area contributed by atoms with Gasteiger partial charge in [-0.2, -0.15) is 0 Å². The summed E-state index contributed by atoms with van der Waals surface area (Å²) in [6.45, 7) is 1.66. The molecule has 5 heteroatoms. The molecule has 0 saturated carbocycles. The van der Waals surface area contributed by atoms with Gasteiger partial charge in [0.2, 0.25) is 0 Å². The highest BCUT2D eigenvalue weighted by Crippen LogP contribution is 2.22. The van der Waals surface area contributed by atoms with E-state index >= 15 is 0 Å². The van der Waals surface area contributed by atoms with E-state index in [0.717, 1.165) is 5.57 Å². The van der Waals surface area contributed by atoms with Crippen molar-refractivity contribution in [3.05, 3.63) is 65.2 Å². The molecule has 0 spiro atoms. The quantitative estimate of drug-likeness (QED) is 0.684. The van der Waals surface area contributed by atoms with Crippen molar-refractivity contribution >= 4 is 0 Å². The number of hydrogen-bond acceptors (Lipinski definition) is 5. The van der Waals surface area contributed by atoms with E-state index in [1.54, 1.807) is 30.3 Å². The zero-order valence-corrected chi connectivity index (χ0v) is 12.4. The Morgan fingerprint density at radius 2 is 2.05 bits per heavy atom. The van der Waals surface area contributed by atoms with Crippen LogP contribution in [0.25, 0.3) is 0 Å². The molecule has 5 nitrogen and oxygen atoms in total. The van der Waals surface area contributed by atoms with Gasteiger partial charge in [0, 0.05) is 12.8 Å². The van der Waals surface area contributed by atoms with Gasteiger partial charge in [-0.05, 0) is 42.8 Å². The molecule has 2 atom stereocenters. The lowest BCUT2D eigenvalue weighted by Crippen LogP contribution is -1.95. The lowest BCUT2D eigenvalue weighted by Gasteiger charge is -2.06. The maximum Gasteiger partial charge on any atom is 0.133 e. The molecule has 0 aromatic carbocycles. The summed E-state index contributed by atoms with van der Waals surface area (Å²) in [4.78, 5) is 0. The summed E-state index contributed by atoms with van der Waals surface area (Å²) >= 11 is 0. The Labute approximate surface area is 128 Å². The van der Waals surface area contributed by atoms with Crippen LogP contribution in [0.15, 0.2) is 56.7 Å². The lowest BCUT2D eigenvalue weighted by molar-refractivity contribution is 0.145. The van der Waals surface area contributed by atoms with Crippen molar-refractivity contribution in [1.29, 1.82) is 0 Å². The van der Waals surface area contributed by atoms with Crippen LogP contribution in [0, 0.1) is 0 Å². The first-order valence-electron chi connectivity index (χ1n) is 7.09. The van der Waals surface area contributed by atoms with E-state index in [4.69, 9.17) is 13.9 Å². The topological polar surface area (TPSA) is 87.0 Å². The van der Waals surface area contributed by atoms with Crippen molar-refractivity contribution in [1.82, 2.24) is 0 Å². The average molecular weight is 304 g/mol. The van der Waals surface area contributed by atoms with Crippen LogP contribution < -0.4 is 0 Å². The van der Waals surface area contributed by atoms with E-state index in [1.165, 1.54) is 6.26 Å². The van der Waals surface area contributed by atoms with Gasteiger partial charge in [0.1, 0.15) is 36.1 Å². The van der Waals surface area contributed by atoms with Gasteiger partial charge in [-0.25, -0.2) is 0 Å². The Bertz CT molecular complexity index is 632. The molecule has 0 aliphatic heterocycles. The molecule has 0 bridgehead atoms. The molecule has 2 heterocycles. The van der Waals surface area contributed by atoms with Gasteiger partial charge in [0.05, 0.1) is 6.26 Å². The summed E-state index contributed by atoms with van der Waals surface area (Å²) in [6.07, 6.45) is 2.50.